The molecule has 1 aliphatic heterocycles. The van der Waals surface area contributed by atoms with Crippen molar-refractivity contribution in [1.82, 2.24) is 10.4 Å². The number of hydrogen-bond donors (Lipinski definition) is 1. The Hall–Kier alpha value is -1.58. The summed E-state index contributed by atoms with van der Waals surface area (Å²) in [6.45, 7) is 3.70. The Morgan fingerprint density at radius 3 is 2.79 bits per heavy atom. The number of hydrazine groups is 1. The zero-order chi connectivity index (χ0) is 17.9. The van der Waals surface area contributed by atoms with Crippen molar-refractivity contribution in [2.45, 2.75) is 13.8 Å². The van der Waals surface area contributed by atoms with E-state index in [1.54, 1.807) is 19.3 Å². The molecule has 0 unspecified atom stereocenters. The van der Waals surface area contributed by atoms with Gasteiger partial charge in [-0.15, -0.1) is 0 Å². The van der Waals surface area contributed by atoms with Crippen LogP contribution in [0.25, 0.3) is 6.08 Å². The van der Waals surface area contributed by atoms with Gasteiger partial charge in [-0.05, 0) is 58.8 Å². The third-order valence-electron chi connectivity index (χ3n) is 2.90. The van der Waals surface area contributed by atoms with Gasteiger partial charge in [0.2, 0.25) is 5.91 Å². The van der Waals surface area contributed by atoms with Crippen LogP contribution in [0.5, 0.6) is 11.5 Å². The number of thiocarbonyl (C=S) groups is 1. The molecule has 1 N–H and O–H groups in total. The molecule has 0 aromatic heterocycles. The summed E-state index contributed by atoms with van der Waals surface area (Å²) in [5, 5.41) is 1.06. The highest BCUT2D eigenvalue weighted by atomic mass is 79.9. The van der Waals surface area contributed by atoms with E-state index in [2.05, 4.69) is 21.4 Å². The third-order valence-corrected chi connectivity index (χ3v) is 4.79. The standard InChI is InChI=1S/C15H15BrN2O4S2/c1-4-22-13-10(16)5-9(6-11(13)21-3)7-12-14(20)18(15(23)24-12)17-8(2)19/h5-7H,4H2,1-3H3,(H,17,19). The Balaban J connectivity index is 2.35. The number of nitrogens with one attached hydrogen (secondary N) is 1. The van der Waals surface area contributed by atoms with Crippen molar-refractivity contribution in [2.75, 3.05) is 13.7 Å². The SMILES string of the molecule is CCOc1c(Br)cc(C=C2SC(=S)N(NC(C)=O)C2=O)cc1OC. The summed E-state index contributed by atoms with van der Waals surface area (Å²) in [4.78, 5) is 23.9. The second kappa shape index (κ2) is 8.00. The number of amides is 2. The lowest BCUT2D eigenvalue weighted by Crippen LogP contribution is -2.43. The maximum Gasteiger partial charge on any atom is 0.285 e. The maximum atomic E-state index is 12.3. The van der Waals surface area contributed by atoms with E-state index in [-0.39, 0.29) is 16.1 Å². The largest absolute Gasteiger partial charge is 0.493 e. The Bertz CT molecular complexity index is 736. The van der Waals surface area contributed by atoms with E-state index in [1.807, 2.05) is 13.0 Å². The molecule has 1 aromatic rings. The van der Waals surface area contributed by atoms with Gasteiger partial charge in [0.05, 0.1) is 23.1 Å². The third kappa shape index (κ3) is 4.08. The molecule has 0 aliphatic carbocycles. The molecule has 1 aromatic carbocycles. The Morgan fingerprint density at radius 2 is 2.21 bits per heavy atom. The fraction of sp³-hybridized carbons (Fsp3) is 0.267. The van der Waals surface area contributed by atoms with Gasteiger partial charge in [-0.25, -0.2) is 0 Å². The Labute approximate surface area is 157 Å². The average Bonchev–Trinajstić information content (AvgIpc) is 2.77. The van der Waals surface area contributed by atoms with Gasteiger partial charge in [0.1, 0.15) is 0 Å². The molecule has 1 saturated heterocycles. The van der Waals surface area contributed by atoms with Gasteiger partial charge in [0, 0.05) is 6.92 Å². The van der Waals surface area contributed by atoms with Gasteiger partial charge in [-0.3, -0.25) is 15.0 Å². The number of ether oxygens (including phenoxy) is 2. The quantitative estimate of drug-likeness (QED) is 0.571. The average molecular weight is 431 g/mol. The highest BCUT2D eigenvalue weighted by molar-refractivity contribution is 9.10. The highest BCUT2D eigenvalue weighted by Gasteiger charge is 2.33. The second-order valence-corrected chi connectivity index (χ2v) is 7.18. The predicted molar refractivity (Wildman–Crippen MR) is 101 cm³/mol. The number of benzene rings is 1. The summed E-state index contributed by atoms with van der Waals surface area (Å²) < 4.78 is 11.9. The molecule has 6 nitrogen and oxygen atoms in total. The summed E-state index contributed by atoms with van der Waals surface area (Å²) >= 11 is 9.68. The van der Waals surface area contributed by atoms with Crippen LogP contribution in [0.2, 0.25) is 0 Å². The molecule has 1 aliphatic rings. The van der Waals surface area contributed by atoms with E-state index in [0.29, 0.717) is 27.5 Å². The fourth-order valence-electron chi connectivity index (χ4n) is 1.98. The molecule has 2 amide bonds. The fourth-order valence-corrected chi connectivity index (χ4v) is 3.73. The van der Waals surface area contributed by atoms with Crippen LogP contribution in [0.1, 0.15) is 19.4 Å². The lowest BCUT2D eigenvalue weighted by Gasteiger charge is -2.13. The molecular formula is C15H15BrN2O4S2. The lowest BCUT2D eigenvalue weighted by atomic mass is 10.2. The van der Waals surface area contributed by atoms with Crippen LogP contribution in [0, 0.1) is 0 Å². The smallest absolute Gasteiger partial charge is 0.285 e. The molecular weight excluding hydrogens is 416 g/mol. The molecule has 0 bridgehead atoms. The minimum Gasteiger partial charge on any atom is -0.493 e. The molecule has 0 spiro atoms. The molecule has 2 rings (SSSR count). The van der Waals surface area contributed by atoms with Crippen molar-refractivity contribution in [3.8, 4) is 11.5 Å². The van der Waals surface area contributed by atoms with Crippen molar-refractivity contribution in [1.29, 1.82) is 0 Å². The molecule has 0 atom stereocenters. The summed E-state index contributed by atoms with van der Waals surface area (Å²) in [5.74, 6) is 0.417. The zero-order valence-electron chi connectivity index (χ0n) is 13.2. The summed E-state index contributed by atoms with van der Waals surface area (Å²) in [7, 11) is 1.55. The van der Waals surface area contributed by atoms with Gasteiger partial charge >= 0.3 is 0 Å². The zero-order valence-corrected chi connectivity index (χ0v) is 16.4. The lowest BCUT2D eigenvalue weighted by molar-refractivity contribution is -0.131. The molecule has 9 heteroatoms. The first-order valence-electron chi connectivity index (χ1n) is 6.92. The Morgan fingerprint density at radius 1 is 1.50 bits per heavy atom. The van der Waals surface area contributed by atoms with E-state index in [0.717, 1.165) is 22.3 Å². The number of carbonyl (C=O) groups excluding carboxylic acids is 2. The van der Waals surface area contributed by atoms with E-state index < -0.39 is 0 Å². The molecule has 1 fully saturated rings. The maximum absolute atomic E-state index is 12.3. The minimum atomic E-state index is -0.371. The highest BCUT2D eigenvalue weighted by Crippen LogP contribution is 2.38. The number of nitrogens with zero attached hydrogens (tertiary/aromatic N) is 1. The van der Waals surface area contributed by atoms with Gasteiger partial charge in [-0.1, -0.05) is 11.8 Å². The van der Waals surface area contributed by atoms with Crippen LogP contribution < -0.4 is 14.9 Å². The van der Waals surface area contributed by atoms with E-state index >= 15 is 0 Å². The van der Waals surface area contributed by atoms with Gasteiger partial charge in [-0.2, -0.15) is 5.01 Å². The summed E-state index contributed by atoms with van der Waals surface area (Å²) in [6.07, 6.45) is 1.68. The first kappa shape index (κ1) is 18.8. The van der Waals surface area contributed by atoms with Crippen molar-refractivity contribution in [3.05, 3.63) is 27.1 Å². The number of methoxy groups -OCH3 is 1. The van der Waals surface area contributed by atoms with E-state index in [9.17, 15) is 9.59 Å². The molecule has 1 heterocycles. The number of rotatable bonds is 5. The van der Waals surface area contributed by atoms with E-state index in [1.165, 1.54) is 6.92 Å². The molecule has 24 heavy (non-hydrogen) atoms. The van der Waals surface area contributed by atoms with Crippen molar-refractivity contribution < 1.29 is 19.1 Å². The van der Waals surface area contributed by atoms with Crippen LogP contribution in [0.4, 0.5) is 0 Å². The van der Waals surface area contributed by atoms with E-state index in [4.69, 9.17) is 21.7 Å². The summed E-state index contributed by atoms with van der Waals surface area (Å²) in [5.41, 5.74) is 3.15. The monoisotopic (exact) mass is 430 g/mol. The molecule has 0 saturated carbocycles. The normalized spacial score (nSPS) is 15.8. The molecule has 0 radical (unpaired) electrons. The van der Waals surface area contributed by atoms with Gasteiger partial charge in [0.15, 0.2) is 15.8 Å². The number of halogens is 1. The van der Waals surface area contributed by atoms with Gasteiger partial charge < -0.3 is 9.47 Å². The first-order chi connectivity index (χ1) is 11.4. The Kier molecular flexibility index (Phi) is 6.25. The van der Waals surface area contributed by atoms with Crippen LogP contribution >= 0.6 is 39.9 Å². The van der Waals surface area contributed by atoms with Crippen LogP contribution in [0.3, 0.4) is 0 Å². The number of thioether (sulfide) groups is 1. The topological polar surface area (TPSA) is 67.9 Å². The first-order valence-corrected chi connectivity index (χ1v) is 8.94. The van der Waals surface area contributed by atoms with Crippen LogP contribution in [-0.4, -0.2) is 34.9 Å². The van der Waals surface area contributed by atoms with Crippen molar-refractivity contribution >= 4 is 62.1 Å². The molecule has 128 valence electrons. The van der Waals surface area contributed by atoms with Crippen molar-refractivity contribution in [2.24, 2.45) is 0 Å². The van der Waals surface area contributed by atoms with Crippen LogP contribution in [0.15, 0.2) is 21.5 Å². The van der Waals surface area contributed by atoms with Crippen molar-refractivity contribution in [3.63, 3.8) is 0 Å². The van der Waals surface area contributed by atoms with Gasteiger partial charge in [0.25, 0.3) is 5.91 Å². The summed E-state index contributed by atoms with van der Waals surface area (Å²) in [6, 6.07) is 3.58. The van der Waals surface area contributed by atoms with Crippen LogP contribution in [-0.2, 0) is 9.59 Å². The predicted octanol–water partition coefficient (Wildman–Crippen LogP) is 3.11. The number of carbonyl (C=O) groups is 2. The minimum absolute atomic E-state index is 0.276. The second-order valence-electron chi connectivity index (χ2n) is 4.65. The number of hydrogen-bond acceptors (Lipinski definition) is 6.